The number of hydrogen-bond donors (Lipinski definition) is 1. The van der Waals surface area contributed by atoms with Crippen LogP contribution in [0.3, 0.4) is 0 Å². The molecule has 14 heavy (non-hydrogen) atoms. The molecule has 0 amide bonds. The zero-order chi connectivity index (χ0) is 9.97. The van der Waals surface area contributed by atoms with E-state index in [2.05, 4.69) is 30.2 Å². The molecule has 1 saturated carbocycles. The van der Waals surface area contributed by atoms with Crippen LogP contribution in [-0.4, -0.2) is 11.5 Å². The molecule has 1 heterocycles. The molecule has 2 heteroatoms. The molecular formula is C12H18N2. The fraction of sp³-hybridized carbons (Fsp3) is 0.583. The Hall–Kier alpha value is -1.05. The lowest BCUT2D eigenvalue weighted by molar-refractivity contribution is 0.536. The Kier molecular flexibility index (Phi) is 2.71. The minimum Gasteiger partial charge on any atom is -0.370 e. The third kappa shape index (κ3) is 2.47. The van der Waals surface area contributed by atoms with Gasteiger partial charge in [0.2, 0.25) is 0 Å². The summed E-state index contributed by atoms with van der Waals surface area (Å²) < 4.78 is 0. The van der Waals surface area contributed by atoms with Crippen LogP contribution in [0, 0.1) is 18.8 Å². The molecule has 0 aromatic carbocycles. The van der Waals surface area contributed by atoms with Crippen LogP contribution < -0.4 is 5.32 Å². The highest BCUT2D eigenvalue weighted by Gasteiger charge is 2.27. The summed E-state index contributed by atoms with van der Waals surface area (Å²) in [4.78, 5) is 4.28. The topological polar surface area (TPSA) is 24.9 Å². The number of aromatic nitrogens is 1. The Morgan fingerprint density at radius 3 is 3.00 bits per heavy atom. The number of nitrogens with zero attached hydrogens (tertiary/aromatic N) is 1. The van der Waals surface area contributed by atoms with Crippen LogP contribution in [0.5, 0.6) is 0 Å². The monoisotopic (exact) mass is 190 g/mol. The zero-order valence-corrected chi connectivity index (χ0v) is 8.96. The van der Waals surface area contributed by atoms with Gasteiger partial charge in [0.25, 0.3) is 0 Å². The highest BCUT2D eigenvalue weighted by atomic mass is 15.0. The van der Waals surface area contributed by atoms with Crippen molar-refractivity contribution in [2.75, 3.05) is 11.9 Å². The quantitative estimate of drug-likeness (QED) is 0.789. The summed E-state index contributed by atoms with van der Waals surface area (Å²) in [6.07, 6.45) is 4.70. The summed E-state index contributed by atoms with van der Waals surface area (Å²) in [5, 5.41) is 3.40. The number of aryl methyl sites for hydroxylation is 1. The van der Waals surface area contributed by atoms with Gasteiger partial charge in [-0.15, -0.1) is 0 Å². The van der Waals surface area contributed by atoms with Crippen LogP contribution in [0.1, 0.15) is 25.3 Å². The molecule has 1 N–H and O–H groups in total. The van der Waals surface area contributed by atoms with Crippen LogP contribution in [0.15, 0.2) is 18.3 Å². The van der Waals surface area contributed by atoms with Crippen molar-refractivity contribution in [3.05, 3.63) is 23.9 Å². The van der Waals surface area contributed by atoms with Crippen molar-refractivity contribution in [3.8, 4) is 0 Å². The maximum atomic E-state index is 4.28. The van der Waals surface area contributed by atoms with Gasteiger partial charge < -0.3 is 5.32 Å². The zero-order valence-electron chi connectivity index (χ0n) is 8.96. The van der Waals surface area contributed by atoms with Crippen LogP contribution in [0.2, 0.25) is 0 Å². The van der Waals surface area contributed by atoms with E-state index in [0.717, 1.165) is 24.2 Å². The van der Waals surface area contributed by atoms with E-state index in [4.69, 9.17) is 0 Å². The molecule has 1 unspecified atom stereocenters. The van der Waals surface area contributed by atoms with Gasteiger partial charge in [-0.05, 0) is 49.3 Å². The van der Waals surface area contributed by atoms with Crippen LogP contribution in [0.25, 0.3) is 0 Å². The first kappa shape index (κ1) is 9.50. The number of anilines is 1. The first-order valence-corrected chi connectivity index (χ1v) is 5.42. The molecule has 1 aliphatic rings. The minimum atomic E-state index is 0.789. The average Bonchev–Trinajstić information content (AvgIpc) is 2.97. The molecular weight excluding hydrogens is 172 g/mol. The number of rotatable bonds is 4. The Morgan fingerprint density at radius 2 is 2.36 bits per heavy atom. The first-order valence-electron chi connectivity index (χ1n) is 5.42. The van der Waals surface area contributed by atoms with Crippen molar-refractivity contribution < 1.29 is 0 Å². The van der Waals surface area contributed by atoms with Crippen LogP contribution in [0.4, 0.5) is 5.82 Å². The summed E-state index contributed by atoms with van der Waals surface area (Å²) in [5.41, 5.74) is 1.27. The lowest BCUT2D eigenvalue weighted by atomic mass is 10.1. The van der Waals surface area contributed by atoms with Gasteiger partial charge in [0, 0.05) is 12.7 Å². The van der Waals surface area contributed by atoms with Crippen molar-refractivity contribution in [2.24, 2.45) is 11.8 Å². The third-order valence-corrected chi connectivity index (χ3v) is 2.95. The molecule has 1 aromatic heterocycles. The lowest BCUT2D eigenvalue weighted by Crippen LogP contribution is -2.13. The normalized spacial score (nSPS) is 17.9. The van der Waals surface area contributed by atoms with Gasteiger partial charge in [0.15, 0.2) is 0 Å². The van der Waals surface area contributed by atoms with E-state index >= 15 is 0 Å². The summed E-state index contributed by atoms with van der Waals surface area (Å²) in [5.74, 6) is 2.77. The molecule has 1 atom stereocenters. The van der Waals surface area contributed by atoms with Crippen molar-refractivity contribution in [1.29, 1.82) is 0 Å². The van der Waals surface area contributed by atoms with E-state index < -0.39 is 0 Å². The molecule has 0 spiro atoms. The minimum absolute atomic E-state index is 0.789. The van der Waals surface area contributed by atoms with E-state index in [1.165, 1.54) is 18.4 Å². The predicted octanol–water partition coefficient (Wildman–Crippen LogP) is 2.85. The molecule has 0 aliphatic heterocycles. The van der Waals surface area contributed by atoms with E-state index in [0.29, 0.717) is 0 Å². The number of hydrogen-bond acceptors (Lipinski definition) is 2. The molecule has 0 radical (unpaired) electrons. The standard InChI is InChI=1S/C12H18N2/c1-9-5-6-13-12(7-9)14-8-10(2)11-3-4-11/h5-7,10-11H,3-4,8H2,1-2H3,(H,13,14). The number of nitrogens with one attached hydrogen (secondary N) is 1. The molecule has 0 bridgehead atoms. The predicted molar refractivity (Wildman–Crippen MR) is 59.4 cm³/mol. The molecule has 2 nitrogen and oxygen atoms in total. The van der Waals surface area contributed by atoms with Crippen molar-refractivity contribution >= 4 is 5.82 Å². The summed E-state index contributed by atoms with van der Waals surface area (Å²) in [6, 6.07) is 4.12. The maximum absolute atomic E-state index is 4.28. The van der Waals surface area contributed by atoms with Crippen molar-refractivity contribution in [1.82, 2.24) is 4.98 Å². The van der Waals surface area contributed by atoms with Crippen LogP contribution >= 0.6 is 0 Å². The Labute approximate surface area is 85.7 Å². The molecule has 1 aromatic rings. The highest BCUT2D eigenvalue weighted by Crippen LogP contribution is 2.36. The van der Waals surface area contributed by atoms with Gasteiger partial charge in [-0.1, -0.05) is 6.92 Å². The summed E-state index contributed by atoms with van der Waals surface area (Å²) in [7, 11) is 0. The van der Waals surface area contributed by atoms with Gasteiger partial charge in [-0.25, -0.2) is 4.98 Å². The molecule has 1 aliphatic carbocycles. The first-order chi connectivity index (χ1) is 6.75. The van der Waals surface area contributed by atoms with Gasteiger partial charge in [-0.2, -0.15) is 0 Å². The second-order valence-corrected chi connectivity index (χ2v) is 4.41. The summed E-state index contributed by atoms with van der Waals surface area (Å²) in [6.45, 7) is 5.47. The third-order valence-electron chi connectivity index (χ3n) is 2.95. The van der Waals surface area contributed by atoms with Gasteiger partial charge in [0.05, 0.1) is 0 Å². The van der Waals surface area contributed by atoms with E-state index in [-0.39, 0.29) is 0 Å². The maximum Gasteiger partial charge on any atom is 0.126 e. The van der Waals surface area contributed by atoms with Crippen molar-refractivity contribution in [3.63, 3.8) is 0 Å². The van der Waals surface area contributed by atoms with E-state index in [1.807, 2.05) is 12.3 Å². The van der Waals surface area contributed by atoms with Crippen LogP contribution in [-0.2, 0) is 0 Å². The Bertz CT molecular complexity index is 305. The van der Waals surface area contributed by atoms with Crippen molar-refractivity contribution in [2.45, 2.75) is 26.7 Å². The van der Waals surface area contributed by atoms with E-state index in [1.54, 1.807) is 0 Å². The molecule has 1 fully saturated rings. The molecule has 76 valence electrons. The molecule has 0 saturated heterocycles. The largest absolute Gasteiger partial charge is 0.370 e. The lowest BCUT2D eigenvalue weighted by Gasteiger charge is -2.11. The second kappa shape index (κ2) is 3.99. The van der Waals surface area contributed by atoms with Gasteiger partial charge in [-0.3, -0.25) is 0 Å². The fourth-order valence-corrected chi connectivity index (χ4v) is 1.73. The number of pyridine rings is 1. The Morgan fingerprint density at radius 1 is 1.57 bits per heavy atom. The SMILES string of the molecule is Cc1ccnc(NCC(C)C2CC2)c1. The molecule has 2 rings (SSSR count). The Balaban J connectivity index is 1.84. The average molecular weight is 190 g/mol. The summed E-state index contributed by atoms with van der Waals surface area (Å²) >= 11 is 0. The van der Waals surface area contributed by atoms with Gasteiger partial charge in [0.1, 0.15) is 5.82 Å². The highest BCUT2D eigenvalue weighted by molar-refractivity contribution is 5.36. The second-order valence-electron chi connectivity index (χ2n) is 4.41. The fourth-order valence-electron chi connectivity index (χ4n) is 1.73. The van der Waals surface area contributed by atoms with Gasteiger partial charge >= 0.3 is 0 Å². The van der Waals surface area contributed by atoms with E-state index in [9.17, 15) is 0 Å². The smallest absolute Gasteiger partial charge is 0.126 e.